The van der Waals surface area contributed by atoms with E-state index in [4.69, 9.17) is 22.5 Å². The smallest absolute Gasteiger partial charge is 0.0640 e. The normalized spacial score (nSPS) is 18.6. The Morgan fingerprint density at radius 2 is 2.21 bits per heavy atom. The maximum Gasteiger partial charge on any atom is 0.0640 e. The summed E-state index contributed by atoms with van der Waals surface area (Å²) in [6.07, 6.45) is 11.6. The van der Waals surface area contributed by atoms with Gasteiger partial charge in [0.25, 0.3) is 0 Å². The summed E-state index contributed by atoms with van der Waals surface area (Å²) < 4.78 is 2.16. The molecule has 0 saturated heterocycles. The number of hydrogen-bond acceptors (Lipinski definition) is 3. The molecule has 0 radical (unpaired) electrons. The molecule has 1 aliphatic carbocycles. The second kappa shape index (κ2) is 7.88. The zero-order chi connectivity index (χ0) is 13.5. The van der Waals surface area contributed by atoms with E-state index in [1.54, 1.807) is 0 Å². The average Bonchev–Trinajstić information content (AvgIpc) is 2.93. The molecule has 108 valence electrons. The molecular formula is C14H25ClN4. The first-order valence-electron chi connectivity index (χ1n) is 7.39. The van der Waals surface area contributed by atoms with Gasteiger partial charge < -0.3 is 0 Å². The summed E-state index contributed by atoms with van der Waals surface area (Å²) in [6.45, 7) is 0. The van der Waals surface area contributed by atoms with Crippen LogP contribution in [-0.4, -0.2) is 21.7 Å². The van der Waals surface area contributed by atoms with Crippen molar-refractivity contribution in [1.29, 1.82) is 0 Å². The van der Waals surface area contributed by atoms with Crippen molar-refractivity contribution in [3.63, 3.8) is 0 Å². The number of aromatic nitrogens is 2. The van der Waals surface area contributed by atoms with Crippen molar-refractivity contribution in [3.8, 4) is 0 Å². The van der Waals surface area contributed by atoms with Crippen LogP contribution >= 0.6 is 11.6 Å². The van der Waals surface area contributed by atoms with Gasteiger partial charge in [-0.05, 0) is 31.7 Å². The molecule has 0 aromatic carbocycles. The first-order valence-corrected chi connectivity index (χ1v) is 7.93. The number of alkyl halides is 1. The molecule has 1 fully saturated rings. The number of nitrogens with one attached hydrogen (secondary N) is 1. The molecule has 0 bridgehead atoms. The van der Waals surface area contributed by atoms with Gasteiger partial charge in [0.15, 0.2) is 0 Å². The topological polar surface area (TPSA) is 55.9 Å². The highest BCUT2D eigenvalue weighted by atomic mass is 35.5. The van der Waals surface area contributed by atoms with Crippen LogP contribution in [0.4, 0.5) is 0 Å². The van der Waals surface area contributed by atoms with Crippen LogP contribution in [0.5, 0.6) is 0 Å². The maximum absolute atomic E-state index is 5.72. The summed E-state index contributed by atoms with van der Waals surface area (Å²) >= 11 is 5.72. The molecule has 1 aromatic rings. The summed E-state index contributed by atoms with van der Waals surface area (Å²) in [6, 6.07) is 3.00. The monoisotopic (exact) mass is 284 g/mol. The highest BCUT2D eigenvalue weighted by molar-refractivity contribution is 6.17. The summed E-state index contributed by atoms with van der Waals surface area (Å²) in [5.41, 5.74) is 3.99. The van der Waals surface area contributed by atoms with Gasteiger partial charge in [0.2, 0.25) is 0 Å². The molecule has 19 heavy (non-hydrogen) atoms. The van der Waals surface area contributed by atoms with Crippen molar-refractivity contribution in [2.45, 2.75) is 63.5 Å². The molecule has 1 saturated carbocycles. The molecule has 1 aliphatic rings. The molecule has 1 unspecified atom stereocenters. The number of hydrogen-bond donors (Lipinski definition) is 2. The van der Waals surface area contributed by atoms with Crippen molar-refractivity contribution >= 4 is 11.6 Å². The molecule has 1 aromatic heterocycles. The third-order valence-corrected chi connectivity index (χ3v) is 4.26. The molecule has 1 heterocycles. The van der Waals surface area contributed by atoms with Gasteiger partial charge in [0, 0.05) is 24.5 Å². The summed E-state index contributed by atoms with van der Waals surface area (Å²) in [5.74, 6) is 6.27. The van der Waals surface area contributed by atoms with Crippen molar-refractivity contribution in [2.24, 2.45) is 5.84 Å². The van der Waals surface area contributed by atoms with Crippen molar-refractivity contribution in [2.75, 3.05) is 5.88 Å². The van der Waals surface area contributed by atoms with Crippen LogP contribution in [0.3, 0.4) is 0 Å². The second-order valence-electron chi connectivity index (χ2n) is 5.48. The summed E-state index contributed by atoms with van der Waals surface area (Å²) in [4.78, 5) is 0. The summed E-state index contributed by atoms with van der Waals surface area (Å²) in [7, 11) is 0. The van der Waals surface area contributed by atoms with E-state index in [1.165, 1.54) is 32.1 Å². The molecule has 0 spiro atoms. The van der Waals surface area contributed by atoms with Crippen LogP contribution in [-0.2, 0) is 6.42 Å². The number of nitrogens with two attached hydrogens (primary N) is 1. The van der Waals surface area contributed by atoms with Gasteiger partial charge in [0.1, 0.15) is 0 Å². The van der Waals surface area contributed by atoms with E-state index >= 15 is 0 Å². The third-order valence-electron chi connectivity index (χ3n) is 3.99. The SMILES string of the molecule is NNC(CCCCl)Cc1ccn(C2CCCCC2)n1. The number of hydrazine groups is 1. The fourth-order valence-corrected chi connectivity index (χ4v) is 3.01. The molecule has 3 N–H and O–H groups in total. The quantitative estimate of drug-likeness (QED) is 0.460. The van der Waals surface area contributed by atoms with Gasteiger partial charge in [-0.3, -0.25) is 16.0 Å². The molecule has 0 aliphatic heterocycles. The van der Waals surface area contributed by atoms with Crippen molar-refractivity contribution in [1.82, 2.24) is 15.2 Å². The van der Waals surface area contributed by atoms with Gasteiger partial charge in [0.05, 0.1) is 11.7 Å². The second-order valence-corrected chi connectivity index (χ2v) is 5.86. The first kappa shape index (κ1) is 14.8. The van der Waals surface area contributed by atoms with Crippen LogP contribution in [0.1, 0.15) is 56.7 Å². The van der Waals surface area contributed by atoms with E-state index in [0.717, 1.165) is 25.0 Å². The van der Waals surface area contributed by atoms with Crippen LogP contribution in [0, 0.1) is 0 Å². The highest BCUT2D eigenvalue weighted by Crippen LogP contribution is 2.27. The van der Waals surface area contributed by atoms with Crippen molar-refractivity contribution < 1.29 is 0 Å². The van der Waals surface area contributed by atoms with Gasteiger partial charge in [-0.1, -0.05) is 19.3 Å². The van der Waals surface area contributed by atoms with E-state index in [-0.39, 0.29) is 6.04 Å². The van der Waals surface area contributed by atoms with Crippen LogP contribution in [0.2, 0.25) is 0 Å². The minimum absolute atomic E-state index is 0.272. The zero-order valence-electron chi connectivity index (χ0n) is 11.5. The zero-order valence-corrected chi connectivity index (χ0v) is 12.3. The molecule has 4 nitrogen and oxygen atoms in total. The number of nitrogens with zero attached hydrogens (tertiary/aromatic N) is 2. The Balaban J connectivity index is 1.88. The predicted octanol–water partition coefficient (Wildman–Crippen LogP) is 2.78. The van der Waals surface area contributed by atoms with Crippen LogP contribution in [0.25, 0.3) is 0 Å². The predicted molar refractivity (Wildman–Crippen MR) is 79.1 cm³/mol. The molecular weight excluding hydrogens is 260 g/mol. The minimum atomic E-state index is 0.272. The molecule has 1 atom stereocenters. The summed E-state index contributed by atoms with van der Waals surface area (Å²) in [5, 5.41) is 4.72. The van der Waals surface area contributed by atoms with Crippen LogP contribution < -0.4 is 11.3 Å². The lowest BCUT2D eigenvalue weighted by Crippen LogP contribution is -2.37. The number of rotatable bonds is 7. The standard InChI is InChI=1S/C14H25ClN4/c15-9-4-5-12(17-16)11-13-8-10-19(18-13)14-6-2-1-3-7-14/h8,10,12,14,17H,1-7,9,11,16H2. The lowest BCUT2D eigenvalue weighted by molar-refractivity contribution is 0.327. The van der Waals surface area contributed by atoms with E-state index in [1.807, 2.05) is 0 Å². The Morgan fingerprint density at radius 3 is 2.89 bits per heavy atom. The largest absolute Gasteiger partial charge is 0.271 e. The van der Waals surface area contributed by atoms with E-state index in [9.17, 15) is 0 Å². The Labute approximate surface area is 120 Å². The van der Waals surface area contributed by atoms with Gasteiger partial charge in [-0.2, -0.15) is 5.10 Å². The third kappa shape index (κ3) is 4.48. The van der Waals surface area contributed by atoms with E-state index in [0.29, 0.717) is 11.9 Å². The maximum atomic E-state index is 5.72. The van der Waals surface area contributed by atoms with Crippen LogP contribution in [0.15, 0.2) is 12.3 Å². The lowest BCUT2D eigenvalue weighted by Gasteiger charge is -2.22. The van der Waals surface area contributed by atoms with Gasteiger partial charge in [-0.15, -0.1) is 11.6 Å². The lowest BCUT2D eigenvalue weighted by atomic mass is 9.96. The molecule has 5 heteroatoms. The number of halogens is 1. The van der Waals surface area contributed by atoms with Crippen molar-refractivity contribution in [3.05, 3.63) is 18.0 Å². The molecule has 0 amide bonds. The Kier molecular flexibility index (Phi) is 6.14. The van der Waals surface area contributed by atoms with E-state index < -0.39 is 0 Å². The highest BCUT2D eigenvalue weighted by Gasteiger charge is 2.17. The Hall–Kier alpha value is -0.580. The fourth-order valence-electron chi connectivity index (χ4n) is 2.86. The Bertz CT molecular complexity index is 360. The average molecular weight is 285 g/mol. The first-order chi connectivity index (χ1) is 9.33. The van der Waals surface area contributed by atoms with Gasteiger partial charge in [-0.25, -0.2) is 0 Å². The minimum Gasteiger partial charge on any atom is -0.271 e. The fraction of sp³-hybridized carbons (Fsp3) is 0.786. The van der Waals surface area contributed by atoms with Gasteiger partial charge >= 0.3 is 0 Å². The Morgan fingerprint density at radius 1 is 1.42 bits per heavy atom. The molecule has 2 rings (SSSR count). The van der Waals surface area contributed by atoms with E-state index in [2.05, 4.69) is 22.4 Å².